The molecule has 3 aromatic rings. The van der Waals surface area contributed by atoms with Crippen molar-refractivity contribution in [1.82, 2.24) is 9.97 Å². The van der Waals surface area contributed by atoms with Crippen LogP contribution in [0.2, 0.25) is 0 Å². The molecule has 0 bridgehead atoms. The minimum Gasteiger partial charge on any atom is -0.495 e. The number of hydrogen-bond donors (Lipinski definition) is 1. The molecule has 0 atom stereocenters. The number of hydrogen-bond acceptors (Lipinski definition) is 6. The van der Waals surface area contributed by atoms with Crippen molar-refractivity contribution >= 4 is 28.4 Å². The Morgan fingerprint density at radius 3 is 2.32 bits per heavy atom. The highest BCUT2D eigenvalue weighted by Gasteiger charge is 2.22. The van der Waals surface area contributed by atoms with Gasteiger partial charge < -0.3 is 19.9 Å². The van der Waals surface area contributed by atoms with Gasteiger partial charge in [0, 0.05) is 37.6 Å². The van der Waals surface area contributed by atoms with Crippen LogP contribution in [0, 0.1) is 0 Å². The monoisotopic (exact) mass is 377 g/mol. The second kappa shape index (κ2) is 7.92. The number of nitrogens with one attached hydrogen (secondary N) is 1. The summed E-state index contributed by atoms with van der Waals surface area (Å²) in [4.78, 5) is 14.3. The van der Waals surface area contributed by atoms with E-state index in [0.717, 1.165) is 60.3 Å². The van der Waals surface area contributed by atoms with E-state index in [2.05, 4.69) is 53.2 Å². The molecular weight excluding hydrogens is 350 g/mol. The van der Waals surface area contributed by atoms with E-state index in [9.17, 15) is 0 Å². The Morgan fingerprint density at radius 2 is 1.57 bits per heavy atom. The van der Waals surface area contributed by atoms with Gasteiger partial charge in [-0.3, -0.25) is 0 Å². The highest BCUT2D eigenvalue weighted by atomic mass is 16.5. The third-order valence-electron chi connectivity index (χ3n) is 5.01. The first-order valence-corrected chi connectivity index (χ1v) is 9.82. The van der Waals surface area contributed by atoms with Crippen LogP contribution in [0.4, 0.5) is 17.5 Å². The van der Waals surface area contributed by atoms with Gasteiger partial charge in [-0.05, 0) is 38.1 Å². The number of rotatable bonds is 5. The standard InChI is InChI=1S/C22H27N5O/c1-16(2)23-21-17-8-4-5-9-18(17)24-22(25-21)27-14-12-26(13-15-27)19-10-6-7-11-20(19)28-3/h4-11,16H,12-15H2,1-3H3,(H,23,24,25). The van der Waals surface area contributed by atoms with Crippen molar-refractivity contribution in [2.45, 2.75) is 19.9 Å². The Balaban J connectivity index is 1.57. The van der Waals surface area contributed by atoms with Crippen LogP contribution in [0.15, 0.2) is 48.5 Å². The number of para-hydroxylation sites is 3. The second-order valence-electron chi connectivity index (χ2n) is 7.33. The normalized spacial score (nSPS) is 14.6. The zero-order valence-corrected chi connectivity index (χ0v) is 16.7. The Labute approximate surface area is 166 Å². The van der Waals surface area contributed by atoms with Gasteiger partial charge in [-0.2, -0.15) is 4.98 Å². The Kier molecular flexibility index (Phi) is 5.19. The van der Waals surface area contributed by atoms with Crippen molar-refractivity contribution in [3.05, 3.63) is 48.5 Å². The van der Waals surface area contributed by atoms with Crippen molar-refractivity contribution in [1.29, 1.82) is 0 Å². The maximum atomic E-state index is 5.52. The molecule has 1 N–H and O–H groups in total. The molecule has 2 aromatic carbocycles. The molecule has 0 spiro atoms. The molecule has 0 radical (unpaired) electrons. The maximum absolute atomic E-state index is 5.52. The summed E-state index contributed by atoms with van der Waals surface area (Å²) in [5.41, 5.74) is 2.12. The summed E-state index contributed by atoms with van der Waals surface area (Å²) in [5.74, 6) is 2.62. The van der Waals surface area contributed by atoms with Gasteiger partial charge in [-0.1, -0.05) is 24.3 Å². The van der Waals surface area contributed by atoms with Crippen molar-refractivity contribution in [3.63, 3.8) is 0 Å². The lowest BCUT2D eigenvalue weighted by atomic mass is 10.2. The van der Waals surface area contributed by atoms with Crippen LogP contribution in [-0.2, 0) is 0 Å². The van der Waals surface area contributed by atoms with E-state index in [4.69, 9.17) is 14.7 Å². The van der Waals surface area contributed by atoms with E-state index in [1.54, 1.807) is 7.11 Å². The zero-order chi connectivity index (χ0) is 19.5. The fraction of sp³-hybridized carbons (Fsp3) is 0.364. The molecule has 1 saturated heterocycles. The predicted molar refractivity (Wildman–Crippen MR) is 116 cm³/mol. The fourth-order valence-corrected chi connectivity index (χ4v) is 3.63. The minimum atomic E-state index is 0.313. The summed E-state index contributed by atoms with van der Waals surface area (Å²) in [5, 5.41) is 4.53. The molecule has 4 rings (SSSR count). The molecule has 6 heteroatoms. The van der Waals surface area contributed by atoms with E-state index in [1.807, 2.05) is 24.3 Å². The molecular formula is C22H27N5O. The first kappa shape index (κ1) is 18.3. The third kappa shape index (κ3) is 3.67. The summed E-state index contributed by atoms with van der Waals surface area (Å²) in [6.07, 6.45) is 0. The number of aromatic nitrogens is 2. The summed E-state index contributed by atoms with van der Waals surface area (Å²) in [6, 6.07) is 16.7. The second-order valence-corrected chi connectivity index (χ2v) is 7.33. The van der Waals surface area contributed by atoms with Crippen LogP contribution >= 0.6 is 0 Å². The van der Waals surface area contributed by atoms with Crippen LogP contribution in [-0.4, -0.2) is 49.3 Å². The molecule has 0 amide bonds. The van der Waals surface area contributed by atoms with Crippen LogP contribution in [0.1, 0.15) is 13.8 Å². The molecule has 1 aliphatic rings. The van der Waals surface area contributed by atoms with E-state index in [0.29, 0.717) is 6.04 Å². The lowest BCUT2D eigenvalue weighted by molar-refractivity contribution is 0.413. The maximum Gasteiger partial charge on any atom is 0.228 e. The van der Waals surface area contributed by atoms with Gasteiger partial charge >= 0.3 is 0 Å². The van der Waals surface area contributed by atoms with Crippen LogP contribution in [0.25, 0.3) is 10.9 Å². The number of ether oxygens (including phenoxy) is 1. The molecule has 1 aromatic heterocycles. The topological polar surface area (TPSA) is 53.5 Å². The molecule has 28 heavy (non-hydrogen) atoms. The third-order valence-corrected chi connectivity index (χ3v) is 5.01. The van der Waals surface area contributed by atoms with Gasteiger partial charge in [0.25, 0.3) is 0 Å². The highest BCUT2D eigenvalue weighted by Crippen LogP contribution is 2.29. The molecule has 2 heterocycles. The molecule has 0 aliphatic carbocycles. The first-order chi connectivity index (χ1) is 13.7. The molecule has 0 saturated carbocycles. The summed E-state index contributed by atoms with van der Waals surface area (Å²) in [7, 11) is 1.72. The number of methoxy groups -OCH3 is 1. The SMILES string of the molecule is COc1ccccc1N1CCN(c2nc(NC(C)C)c3ccccc3n2)CC1. The van der Waals surface area contributed by atoms with Gasteiger partial charge in [-0.15, -0.1) is 0 Å². The summed E-state index contributed by atoms with van der Waals surface area (Å²) in [6.45, 7) is 7.81. The Bertz CT molecular complexity index is 951. The number of fused-ring (bicyclic) bond motifs is 1. The first-order valence-electron chi connectivity index (χ1n) is 9.82. The van der Waals surface area contributed by atoms with Gasteiger partial charge in [0.15, 0.2) is 0 Å². The average Bonchev–Trinajstić information content (AvgIpc) is 2.73. The molecule has 1 fully saturated rings. The zero-order valence-electron chi connectivity index (χ0n) is 16.7. The van der Waals surface area contributed by atoms with E-state index >= 15 is 0 Å². The van der Waals surface area contributed by atoms with Gasteiger partial charge in [0.1, 0.15) is 11.6 Å². The quantitative estimate of drug-likeness (QED) is 0.730. The minimum absolute atomic E-state index is 0.313. The number of anilines is 3. The van der Waals surface area contributed by atoms with Crippen molar-refractivity contribution < 1.29 is 4.74 Å². The largest absolute Gasteiger partial charge is 0.495 e. The lowest BCUT2D eigenvalue weighted by Gasteiger charge is -2.36. The highest BCUT2D eigenvalue weighted by molar-refractivity contribution is 5.90. The van der Waals surface area contributed by atoms with Crippen molar-refractivity contribution in [2.75, 3.05) is 48.4 Å². The summed E-state index contributed by atoms with van der Waals surface area (Å²) < 4.78 is 5.52. The molecule has 1 aliphatic heterocycles. The fourth-order valence-electron chi connectivity index (χ4n) is 3.63. The van der Waals surface area contributed by atoms with Gasteiger partial charge in [-0.25, -0.2) is 4.98 Å². The van der Waals surface area contributed by atoms with Crippen LogP contribution < -0.4 is 19.9 Å². The molecule has 146 valence electrons. The van der Waals surface area contributed by atoms with Gasteiger partial charge in [0.2, 0.25) is 5.95 Å². The Hall–Kier alpha value is -3.02. The van der Waals surface area contributed by atoms with Crippen LogP contribution in [0.3, 0.4) is 0 Å². The number of piperazine rings is 1. The average molecular weight is 377 g/mol. The van der Waals surface area contributed by atoms with E-state index in [1.165, 1.54) is 0 Å². The predicted octanol–water partition coefficient (Wildman–Crippen LogP) is 3.79. The number of nitrogens with zero attached hydrogens (tertiary/aromatic N) is 4. The Morgan fingerprint density at radius 1 is 0.893 bits per heavy atom. The van der Waals surface area contributed by atoms with Gasteiger partial charge in [0.05, 0.1) is 18.3 Å². The van der Waals surface area contributed by atoms with Crippen LogP contribution in [0.5, 0.6) is 5.75 Å². The summed E-state index contributed by atoms with van der Waals surface area (Å²) >= 11 is 0. The lowest BCUT2D eigenvalue weighted by Crippen LogP contribution is -2.47. The number of benzene rings is 2. The molecule has 6 nitrogen and oxygen atoms in total. The van der Waals surface area contributed by atoms with E-state index in [-0.39, 0.29) is 0 Å². The van der Waals surface area contributed by atoms with E-state index < -0.39 is 0 Å². The van der Waals surface area contributed by atoms with Crippen molar-refractivity contribution in [2.24, 2.45) is 0 Å². The smallest absolute Gasteiger partial charge is 0.228 e. The molecule has 0 unspecified atom stereocenters. The van der Waals surface area contributed by atoms with Crippen molar-refractivity contribution in [3.8, 4) is 5.75 Å².